The first-order valence-corrected chi connectivity index (χ1v) is 6.15. The summed E-state index contributed by atoms with van der Waals surface area (Å²) in [7, 11) is 0. The highest BCUT2D eigenvalue weighted by Crippen LogP contribution is 2.25. The lowest BCUT2D eigenvalue weighted by Crippen LogP contribution is -2.36. The molecule has 0 aromatic heterocycles. The quantitative estimate of drug-likeness (QED) is 0.599. The van der Waals surface area contributed by atoms with Gasteiger partial charge in [-0.1, -0.05) is 6.07 Å². The van der Waals surface area contributed by atoms with Crippen LogP contribution in [0.3, 0.4) is 0 Å². The number of phenolic OH excluding ortho intramolecular Hbond substituents is 2. The molecule has 0 aliphatic heterocycles. The summed E-state index contributed by atoms with van der Waals surface area (Å²) in [4.78, 5) is 0. The van der Waals surface area contributed by atoms with Crippen molar-refractivity contribution in [2.75, 3.05) is 0 Å². The summed E-state index contributed by atoms with van der Waals surface area (Å²) in [5.41, 5.74) is 6.83. The summed E-state index contributed by atoms with van der Waals surface area (Å²) in [6.45, 7) is 0.716. The van der Waals surface area contributed by atoms with E-state index in [9.17, 15) is 10.2 Å². The lowest BCUT2D eigenvalue weighted by Gasteiger charge is -2.27. The van der Waals surface area contributed by atoms with Crippen LogP contribution in [-0.4, -0.2) is 22.3 Å². The molecule has 1 aromatic carbocycles. The molecule has 0 radical (unpaired) electrons. The number of hydrogen-bond donors (Lipinski definition) is 4. The van der Waals surface area contributed by atoms with Crippen LogP contribution in [0.5, 0.6) is 11.5 Å². The van der Waals surface area contributed by atoms with E-state index in [1.807, 2.05) is 6.07 Å². The molecule has 1 aliphatic rings. The van der Waals surface area contributed by atoms with Crippen LogP contribution >= 0.6 is 0 Å². The fourth-order valence-corrected chi connectivity index (χ4v) is 2.26. The lowest BCUT2D eigenvalue weighted by molar-refractivity contribution is 0.341. The van der Waals surface area contributed by atoms with Crippen LogP contribution in [0.15, 0.2) is 18.2 Å². The zero-order chi connectivity index (χ0) is 12.3. The van der Waals surface area contributed by atoms with Crippen molar-refractivity contribution in [3.63, 3.8) is 0 Å². The van der Waals surface area contributed by atoms with Crippen molar-refractivity contribution in [1.29, 1.82) is 0 Å². The highest BCUT2D eigenvalue weighted by atomic mass is 16.3. The third-order valence-corrected chi connectivity index (χ3v) is 3.41. The number of benzene rings is 1. The first kappa shape index (κ1) is 12.2. The molecule has 0 saturated heterocycles. The maximum atomic E-state index is 9.38. The third-order valence-electron chi connectivity index (χ3n) is 3.41. The highest BCUT2D eigenvalue weighted by Gasteiger charge is 2.17. The van der Waals surface area contributed by atoms with Gasteiger partial charge in [-0.3, -0.25) is 0 Å². The average Bonchev–Trinajstić information content (AvgIpc) is 2.33. The zero-order valence-corrected chi connectivity index (χ0v) is 9.89. The van der Waals surface area contributed by atoms with Crippen molar-refractivity contribution in [2.45, 2.75) is 44.3 Å². The lowest BCUT2D eigenvalue weighted by atomic mass is 9.92. The SMILES string of the molecule is NC1CCC(NCc2ccc(O)c(O)c2)CC1. The van der Waals surface area contributed by atoms with Crippen molar-refractivity contribution in [3.05, 3.63) is 23.8 Å². The second-order valence-electron chi connectivity index (χ2n) is 4.82. The molecule has 1 aliphatic carbocycles. The molecule has 17 heavy (non-hydrogen) atoms. The molecule has 0 atom stereocenters. The fourth-order valence-electron chi connectivity index (χ4n) is 2.26. The number of phenols is 2. The zero-order valence-electron chi connectivity index (χ0n) is 9.89. The second-order valence-corrected chi connectivity index (χ2v) is 4.82. The summed E-state index contributed by atoms with van der Waals surface area (Å²) >= 11 is 0. The molecule has 0 bridgehead atoms. The monoisotopic (exact) mass is 236 g/mol. The van der Waals surface area contributed by atoms with Crippen LogP contribution in [0, 0.1) is 0 Å². The molecule has 4 nitrogen and oxygen atoms in total. The van der Waals surface area contributed by atoms with Gasteiger partial charge in [-0.25, -0.2) is 0 Å². The first-order chi connectivity index (χ1) is 8.15. The number of hydrogen-bond acceptors (Lipinski definition) is 4. The summed E-state index contributed by atoms with van der Waals surface area (Å²) in [5.74, 6) is -0.132. The van der Waals surface area contributed by atoms with Crippen molar-refractivity contribution in [3.8, 4) is 11.5 Å². The Morgan fingerprint density at radius 3 is 2.47 bits per heavy atom. The Morgan fingerprint density at radius 2 is 1.82 bits per heavy atom. The van der Waals surface area contributed by atoms with Gasteiger partial charge in [-0.15, -0.1) is 0 Å². The van der Waals surface area contributed by atoms with Crippen molar-refractivity contribution in [1.82, 2.24) is 5.32 Å². The summed E-state index contributed by atoms with van der Waals surface area (Å²) < 4.78 is 0. The number of rotatable bonds is 3. The van der Waals surface area contributed by atoms with Crippen molar-refractivity contribution in [2.24, 2.45) is 5.73 Å². The Balaban J connectivity index is 1.83. The Bertz CT molecular complexity index is 374. The van der Waals surface area contributed by atoms with E-state index in [1.165, 1.54) is 6.07 Å². The fraction of sp³-hybridized carbons (Fsp3) is 0.538. The minimum atomic E-state index is -0.0719. The minimum Gasteiger partial charge on any atom is -0.504 e. The molecule has 94 valence electrons. The van der Waals surface area contributed by atoms with Crippen LogP contribution in [-0.2, 0) is 6.54 Å². The molecular formula is C13H20N2O2. The van der Waals surface area contributed by atoms with Gasteiger partial charge >= 0.3 is 0 Å². The van der Waals surface area contributed by atoms with E-state index in [0.717, 1.165) is 31.2 Å². The molecular weight excluding hydrogens is 216 g/mol. The van der Waals surface area contributed by atoms with E-state index in [2.05, 4.69) is 5.32 Å². The normalized spacial score (nSPS) is 24.8. The van der Waals surface area contributed by atoms with E-state index in [1.54, 1.807) is 6.07 Å². The smallest absolute Gasteiger partial charge is 0.157 e. The van der Waals surface area contributed by atoms with E-state index >= 15 is 0 Å². The van der Waals surface area contributed by atoms with E-state index < -0.39 is 0 Å². The van der Waals surface area contributed by atoms with Gasteiger partial charge in [0.25, 0.3) is 0 Å². The molecule has 0 spiro atoms. The second kappa shape index (κ2) is 5.38. The Kier molecular flexibility index (Phi) is 3.86. The molecule has 2 rings (SSSR count). The van der Waals surface area contributed by atoms with Crippen LogP contribution in [0.2, 0.25) is 0 Å². The van der Waals surface area contributed by atoms with E-state index in [0.29, 0.717) is 18.6 Å². The van der Waals surface area contributed by atoms with E-state index in [4.69, 9.17) is 5.73 Å². The average molecular weight is 236 g/mol. The summed E-state index contributed by atoms with van der Waals surface area (Å²) in [5, 5.41) is 22.0. The van der Waals surface area contributed by atoms with E-state index in [-0.39, 0.29) is 11.5 Å². The number of nitrogens with two attached hydrogens (primary N) is 1. The molecule has 4 heteroatoms. The maximum absolute atomic E-state index is 9.38. The van der Waals surface area contributed by atoms with Crippen molar-refractivity contribution >= 4 is 0 Å². The Morgan fingerprint density at radius 1 is 1.12 bits per heavy atom. The van der Waals surface area contributed by atoms with Gasteiger partial charge in [-0.2, -0.15) is 0 Å². The summed E-state index contributed by atoms with van der Waals surface area (Å²) in [6.07, 6.45) is 4.40. The van der Waals surface area contributed by atoms with Crippen LogP contribution in [0.4, 0.5) is 0 Å². The highest BCUT2D eigenvalue weighted by molar-refractivity contribution is 5.40. The van der Waals surface area contributed by atoms with Crippen LogP contribution < -0.4 is 11.1 Å². The predicted molar refractivity (Wildman–Crippen MR) is 66.8 cm³/mol. The molecule has 1 fully saturated rings. The maximum Gasteiger partial charge on any atom is 0.157 e. The largest absolute Gasteiger partial charge is 0.504 e. The Hall–Kier alpha value is -1.26. The summed E-state index contributed by atoms with van der Waals surface area (Å²) in [6, 6.07) is 5.81. The third kappa shape index (κ3) is 3.35. The molecule has 5 N–H and O–H groups in total. The van der Waals surface area contributed by atoms with Crippen LogP contribution in [0.1, 0.15) is 31.2 Å². The molecule has 0 amide bonds. The number of nitrogens with one attached hydrogen (secondary N) is 1. The van der Waals surface area contributed by atoms with Gasteiger partial charge in [0, 0.05) is 18.6 Å². The van der Waals surface area contributed by atoms with Gasteiger partial charge in [0.2, 0.25) is 0 Å². The topological polar surface area (TPSA) is 78.5 Å². The molecule has 1 aromatic rings. The van der Waals surface area contributed by atoms with Gasteiger partial charge in [0.15, 0.2) is 11.5 Å². The van der Waals surface area contributed by atoms with Gasteiger partial charge in [-0.05, 0) is 43.4 Å². The van der Waals surface area contributed by atoms with Gasteiger partial charge < -0.3 is 21.3 Å². The first-order valence-electron chi connectivity index (χ1n) is 6.15. The van der Waals surface area contributed by atoms with Crippen molar-refractivity contribution < 1.29 is 10.2 Å². The molecule has 0 unspecified atom stereocenters. The molecule has 0 heterocycles. The Labute approximate surface area is 101 Å². The predicted octanol–water partition coefficient (Wildman–Crippen LogP) is 1.46. The van der Waals surface area contributed by atoms with Gasteiger partial charge in [0.1, 0.15) is 0 Å². The standard InChI is InChI=1S/C13H20N2O2/c14-10-2-4-11(5-3-10)15-8-9-1-6-12(16)13(17)7-9/h1,6-7,10-11,15-17H,2-5,8,14H2. The number of aromatic hydroxyl groups is 2. The minimum absolute atomic E-state index is 0.0602. The van der Waals surface area contributed by atoms with Gasteiger partial charge in [0.05, 0.1) is 0 Å². The molecule has 1 saturated carbocycles. The van der Waals surface area contributed by atoms with Crippen LogP contribution in [0.25, 0.3) is 0 Å².